The SMILES string of the molecule is N#CC(C(=O)Nc1ccc(C(F)(F)F)cc1)C(=O)c1ccc(I)cc1. The lowest BCUT2D eigenvalue weighted by Crippen LogP contribution is -2.28. The van der Waals surface area contributed by atoms with Gasteiger partial charge in [0.1, 0.15) is 0 Å². The number of carbonyl (C=O) groups is 2. The van der Waals surface area contributed by atoms with E-state index in [4.69, 9.17) is 5.26 Å². The molecule has 0 bridgehead atoms. The van der Waals surface area contributed by atoms with Gasteiger partial charge in [0.15, 0.2) is 11.7 Å². The predicted molar refractivity (Wildman–Crippen MR) is 92.7 cm³/mol. The van der Waals surface area contributed by atoms with Crippen molar-refractivity contribution >= 4 is 40.0 Å². The fourth-order valence-corrected chi connectivity index (χ4v) is 2.33. The molecule has 1 N–H and O–H groups in total. The van der Waals surface area contributed by atoms with E-state index in [1.165, 1.54) is 12.1 Å². The number of hydrogen-bond acceptors (Lipinski definition) is 3. The second kappa shape index (κ2) is 7.65. The first kappa shape index (κ1) is 18.9. The topological polar surface area (TPSA) is 70.0 Å². The number of amides is 1. The van der Waals surface area contributed by atoms with Gasteiger partial charge in [0.2, 0.25) is 5.91 Å². The van der Waals surface area contributed by atoms with E-state index in [-0.39, 0.29) is 11.3 Å². The van der Waals surface area contributed by atoms with Crippen LogP contribution < -0.4 is 5.32 Å². The summed E-state index contributed by atoms with van der Waals surface area (Å²) in [7, 11) is 0. The molecule has 0 aliphatic heterocycles. The van der Waals surface area contributed by atoms with Crippen LogP contribution in [0.1, 0.15) is 15.9 Å². The number of hydrogen-bond donors (Lipinski definition) is 1. The molecule has 1 atom stereocenters. The number of halogens is 4. The average molecular weight is 458 g/mol. The van der Waals surface area contributed by atoms with Crippen LogP contribution >= 0.6 is 22.6 Å². The predicted octanol–water partition coefficient (Wildman–Crippen LogP) is 4.27. The molecule has 0 fully saturated rings. The van der Waals surface area contributed by atoms with E-state index < -0.39 is 29.3 Å². The minimum atomic E-state index is -4.49. The van der Waals surface area contributed by atoms with Gasteiger partial charge in [-0.05, 0) is 59.0 Å². The number of alkyl halides is 3. The molecule has 4 nitrogen and oxygen atoms in total. The molecular weight excluding hydrogens is 448 g/mol. The summed E-state index contributed by atoms with van der Waals surface area (Å²) >= 11 is 2.05. The highest BCUT2D eigenvalue weighted by atomic mass is 127. The van der Waals surface area contributed by atoms with Gasteiger partial charge in [-0.3, -0.25) is 9.59 Å². The number of rotatable bonds is 4. The zero-order valence-corrected chi connectivity index (χ0v) is 14.6. The number of nitrogens with zero attached hydrogens (tertiary/aromatic N) is 1. The Labute approximate surface area is 154 Å². The van der Waals surface area contributed by atoms with E-state index in [1.807, 2.05) is 22.6 Å². The lowest BCUT2D eigenvalue weighted by molar-refractivity contribution is -0.137. The maximum absolute atomic E-state index is 12.5. The third-order valence-corrected chi connectivity index (χ3v) is 3.98. The fourth-order valence-electron chi connectivity index (χ4n) is 1.97. The normalized spacial score (nSPS) is 12.1. The monoisotopic (exact) mass is 458 g/mol. The van der Waals surface area contributed by atoms with E-state index in [0.717, 1.165) is 27.8 Å². The Morgan fingerprint density at radius 2 is 1.60 bits per heavy atom. The maximum Gasteiger partial charge on any atom is 0.416 e. The minimum Gasteiger partial charge on any atom is -0.325 e. The van der Waals surface area contributed by atoms with Crippen LogP contribution in [0.3, 0.4) is 0 Å². The number of anilines is 1. The maximum atomic E-state index is 12.5. The van der Waals surface area contributed by atoms with Crippen molar-refractivity contribution in [1.82, 2.24) is 0 Å². The zero-order chi connectivity index (χ0) is 18.6. The molecule has 0 heterocycles. The van der Waals surface area contributed by atoms with Gasteiger partial charge >= 0.3 is 6.18 Å². The zero-order valence-electron chi connectivity index (χ0n) is 12.5. The van der Waals surface area contributed by atoms with Crippen molar-refractivity contribution in [2.24, 2.45) is 5.92 Å². The van der Waals surface area contributed by atoms with Gasteiger partial charge in [-0.2, -0.15) is 18.4 Å². The number of nitrogens with one attached hydrogen (secondary N) is 1. The number of nitriles is 1. The number of carbonyl (C=O) groups excluding carboxylic acids is 2. The van der Waals surface area contributed by atoms with Gasteiger partial charge in [0.25, 0.3) is 0 Å². The van der Waals surface area contributed by atoms with Crippen LogP contribution in [0.25, 0.3) is 0 Å². The largest absolute Gasteiger partial charge is 0.416 e. The quantitative estimate of drug-likeness (QED) is 0.423. The average Bonchev–Trinajstić information content (AvgIpc) is 2.55. The van der Waals surface area contributed by atoms with Crippen molar-refractivity contribution in [3.63, 3.8) is 0 Å². The van der Waals surface area contributed by atoms with Gasteiger partial charge in [-0.1, -0.05) is 12.1 Å². The van der Waals surface area contributed by atoms with Crippen LogP contribution in [0.2, 0.25) is 0 Å². The van der Waals surface area contributed by atoms with E-state index >= 15 is 0 Å². The summed E-state index contributed by atoms with van der Waals surface area (Å²) in [4.78, 5) is 24.4. The molecule has 128 valence electrons. The second-order valence-electron chi connectivity index (χ2n) is 5.00. The summed E-state index contributed by atoms with van der Waals surface area (Å²) < 4.78 is 38.4. The Bertz CT molecular complexity index is 825. The van der Waals surface area contributed by atoms with E-state index in [1.54, 1.807) is 18.2 Å². The highest BCUT2D eigenvalue weighted by Gasteiger charge is 2.31. The molecule has 2 aromatic rings. The Hall–Kier alpha value is -2.41. The van der Waals surface area contributed by atoms with Crippen LogP contribution in [0.5, 0.6) is 0 Å². The van der Waals surface area contributed by atoms with Crippen molar-refractivity contribution in [3.8, 4) is 6.07 Å². The van der Waals surface area contributed by atoms with Crippen LogP contribution in [0, 0.1) is 20.8 Å². The first-order chi connectivity index (χ1) is 11.7. The molecule has 2 rings (SSSR count). The summed E-state index contributed by atoms with van der Waals surface area (Å²) in [6, 6.07) is 11.7. The van der Waals surface area contributed by atoms with Crippen molar-refractivity contribution in [1.29, 1.82) is 5.26 Å². The molecular formula is C17H10F3IN2O2. The summed E-state index contributed by atoms with van der Waals surface area (Å²) in [6.45, 7) is 0. The molecule has 1 unspecified atom stereocenters. The van der Waals surface area contributed by atoms with Crippen molar-refractivity contribution < 1.29 is 22.8 Å². The highest BCUT2D eigenvalue weighted by molar-refractivity contribution is 14.1. The second-order valence-corrected chi connectivity index (χ2v) is 6.24. The Balaban J connectivity index is 2.13. The molecule has 0 saturated heterocycles. The standard InChI is InChI=1S/C17H10F3IN2O2/c18-17(19,20)11-3-7-13(8-4-11)23-16(25)14(9-22)15(24)10-1-5-12(21)6-2-10/h1-8,14H,(H,23,25). The Kier molecular flexibility index (Phi) is 5.79. The van der Waals surface area contributed by atoms with E-state index in [0.29, 0.717) is 0 Å². The molecule has 0 radical (unpaired) electrons. The lowest BCUT2D eigenvalue weighted by atomic mass is 9.98. The van der Waals surface area contributed by atoms with Gasteiger partial charge in [0, 0.05) is 14.8 Å². The number of ketones is 1. The Morgan fingerprint density at radius 3 is 2.08 bits per heavy atom. The summed E-state index contributed by atoms with van der Waals surface area (Å²) in [5.74, 6) is -3.17. The van der Waals surface area contributed by atoms with Crippen LogP contribution in [-0.4, -0.2) is 11.7 Å². The third kappa shape index (κ3) is 4.79. The molecule has 1 amide bonds. The summed E-state index contributed by atoms with van der Waals surface area (Å²) in [5, 5.41) is 11.4. The van der Waals surface area contributed by atoms with Gasteiger partial charge in [-0.15, -0.1) is 0 Å². The van der Waals surface area contributed by atoms with Gasteiger partial charge < -0.3 is 5.32 Å². The smallest absolute Gasteiger partial charge is 0.325 e. The number of Topliss-reactive ketones (excluding diaryl/α,β-unsaturated/α-hetero) is 1. The van der Waals surface area contributed by atoms with Crippen LogP contribution in [-0.2, 0) is 11.0 Å². The molecule has 0 aliphatic rings. The number of benzene rings is 2. The fraction of sp³-hybridized carbons (Fsp3) is 0.118. The molecule has 0 aromatic heterocycles. The third-order valence-electron chi connectivity index (χ3n) is 3.26. The summed E-state index contributed by atoms with van der Waals surface area (Å²) in [6.07, 6.45) is -4.49. The molecule has 2 aromatic carbocycles. The van der Waals surface area contributed by atoms with Crippen molar-refractivity contribution in [2.75, 3.05) is 5.32 Å². The Morgan fingerprint density at radius 1 is 1.04 bits per heavy atom. The first-order valence-electron chi connectivity index (χ1n) is 6.90. The van der Waals surface area contributed by atoms with Crippen LogP contribution in [0.15, 0.2) is 48.5 Å². The molecule has 0 aliphatic carbocycles. The van der Waals surface area contributed by atoms with Gasteiger partial charge in [-0.25, -0.2) is 0 Å². The molecule has 25 heavy (non-hydrogen) atoms. The molecule has 0 saturated carbocycles. The molecule has 8 heteroatoms. The first-order valence-corrected chi connectivity index (χ1v) is 7.98. The van der Waals surface area contributed by atoms with E-state index in [2.05, 4.69) is 5.32 Å². The van der Waals surface area contributed by atoms with Crippen molar-refractivity contribution in [3.05, 3.63) is 63.2 Å². The highest BCUT2D eigenvalue weighted by Crippen LogP contribution is 2.29. The van der Waals surface area contributed by atoms with E-state index in [9.17, 15) is 22.8 Å². The lowest BCUT2D eigenvalue weighted by Gasteiger charge is -2.11. The molecule has 0 spiro atoms. The van der Waals surface area contributed by atoms with Crippen LogP contribution in [0.4, 0.5) is 18.9 Å². The van der Waals surface area contributed by atoms with Gasteiger partial charge in [0.05, 0.1) is 11.6 Å². The van der Waals surface area contributed by atoms with Crippen molar-refractivity contribution in [2.45, 2.75) is 6.18 Å². The summed E-state index contributed by atoms with van der Waals surface area (Å²) in [5.41, 5.74) is -0.597. The minimum absolute atomic E-state index is 0.0636.